The van der Waals surface area contributed by atoms with Gasteiger partial charge in [0.1, 0.15) is 0 Å². The first-order valence-corrected chi connectivity index (χ1v) is 5.78. The Balaban J connectivity index is 0.00000256. The molecule has 1 rings (SSSR count). The molecule has 0 radical (unpaired) electrons. The Bertz CT molecular complexity index is 315. The van der Waals surface area contributed by atoms with E-state index in [1.807, 2.05) is 10.9 Å². The van der Waals surface area contributed by atoms with Crippen molar-refractivity contribution in [1.29, 1.82) is 0 Å². The second kappa shape index (κ2) is 6.87. The summed E-state index contributed by atoms with van der Waals surface area (Å²) in [5.41, 5.74) is 1.40. The molecule has 0 aliphatic carbocycles. The van der Waals surface area contributed by atoms with Gasteiger partial charge in [-0.3, -0.25) is 4.68 Å². The zero-order valence-corrected chi connectivity index (χ0v) is 12.3. The van der Waals surface area contributed by atoms with Gasteiger partial charge in [0, 0.05) is 19.3 Å². The number of aromatic nitrogens is 2. The van der Waals surface area contributed by atoms with E-state index in [1.165, 1.54) is 0 Å². The number of hydrogen-bond acceptors (Lipinski definition) is 3. The lowest BCUT2D eigenvalue weighted by atomic mass is 9.97. The van der Waals surface area contributed by atoms with E-state index >= 15 is 0 Å². The van der Waals surface area contributed by atoms with Gasteiger partial charge in [0.25, 0.3) is 0 Å². The first-order chi connectivity index (χ1) is 7.37. The highest BCUT2D eigenvalue weighted by molar-refractivity contribution is 5.85. The zero-order valence-electron chi connectivity index (χ0n) is 11.5. The highest BCUT2D eigenvalue weighted by atomic mass is 35.5. The summed E-state index contributed by atoms with van der Waals surface area (Å²) >= 11 is 0. The van der Waals surface area contributed by atoms with Crippen LogP contribution < -0.4 is 5.32 Å². The molecule has 1 N–H and O–H groups in total. The molecule has 1 aromatic rings. The number of hydrogen-bond donors (Lipinski definition) is 1. The Morgan fingerprint density at radius 3 is 2.53 bits per heavy atom. The van der Waals surface area contributed by atoms with E-state index in [9.17, 15) is 0 Å². The summed E-state index contributed by atoms with van der Waals surface area (Å²) in [5, 5.41) is 7.71. The van der Waals surface area contributed by atoms with Crippen molar-refractivity contribution >= 4 is 18.1 Å². The normalized spacial score (nSPS) is 11.4. The third-order valence-electron chi connectivity index (χ3n) is 2.23. The van der Waals surface area contributed by atoms with Crippen LogP contribution in [-0.2, 0) is 6.54 Å². The minimum Gasteiger partial charge on any atom is -0.382 e. The van der Waals surface area contributed by atoms with Crippen LogP contribution in [0.15, 0.2) is 12.4 Å². The molecule has 0 aromatic carbocycles. The van der Waals surface area contributed by atoms with Crippen LogP contribution >= 0.6 is 12.4 Å². The summed E-state index contributed by atoms with van der Waals surface area (Å²) in [6.45, 7) is 9.57. The highest BCUT2D eigenvalue weighted by Gasteiger charge is 2.09. The Morgan fingerprint density at radius 2 is 2.00 bits per heavy atom. The van der Waals surface area contributed by atoms with E-state index in [1.54, 1.807) is 0 Å². The van der Waals surface area contributed by atoms with Crippen molar-refractivity contribution in [2.45, 2.75) is 27.3 Å². The molecule has 0 unspecified atom stereocenters. The molecule has 1 heterocycles. The summed E-state index contributed by atoms with van der Waals surface area (Å²) < 4.78 is 1.98. The van der Waals surface area contributed by atoms with Crippen LogP contribution in [0.3, 0.4) is 0 Å². The van der Waals surface area contributed by atoms with Crippen LogP contribution in [0, 0.1) is 5.41 Å². The van der Waals surface area contributed by atoms with Gasteiger partial charge in [-0.25, -0.2) is 0 Å². The van der Waals surface area contributed by atoms with E-state index in [0.717, 1.165) is 25.3 Å². The second-order valence-electron chi connectivity index (χ2n) is 5.71. The quantitative estimate of drug-likeness (QED) is 0.882. The molecule has 0 saturated heterocycles. The average Bonchev–Trinajstić information content (AvgIpc) is 2.58. The summed E-state index contributed by atoms with van der Waals surface area (Å²) in [6.07, 6.45) is 3.96. The van der Waals surface area contributed by atoms with Crippen LogP contribution in [0.25, 0.3) is 0 Å². The number of nitrogens with zero attached hydrogens (tertiary/aromatic N) is 3. The maximum Gasteiger partial charge on any atom is 0.0726 e. The Hall–Kier alpha value is -0.740. The third kappa shape index (κ3) is 7.23. The smallest absolute Gasteiger partial charge is 0.0726 e. The maximum absolute atomic E-state index is 4.32. The Morgan fingerprint density at radius 1 is 1.35 bits per heavy atom. The van der Waals surface area contributed by atoms with Crippen LogP contribution in [0.2, 0.25) is 0 Å². The van der Waals surface area contributed by atoms with E-state index in [0.29, 0.717) is 5.41 Å². The molecule has 0 fully saturated rings. The van der Waals surface area contributed by atoms with Gasteiger partial charge in [0.2, 0.25) is 0 Å². The number of anilines is 1. The van der Waals surface area contributed by atoms with E-state index in [2.05, 4.69) is 56.4 Å². The van der Waals surface area contributed by atoms with Crippen molar-refractivity contribution in [3.05, 3.63) is 12.4 Å². The zero-order chi connectivity index (χ0) is 12.2. The fourth-order valence-electron chi connectivity index (χ4n) is 1.25. The van der Waals surface area contributed by atoms with Gasteiger partial charge in [-0.2, -0.15) is 5.10 Å². The minimum atomic E-state index is 0. The Kier molecular flexibility index (Phi) is 6.57. The van der Waals surface area contributed by atoms with Crippen molar-refractivity contribution < 1.29 is 0 Å². The molecule has 0 bridgehead atoms. The Labute approximate surface area is 111 Å². The molecular formula is C12H25ClN4. The largest absolute Gasteiger partial charge is 0.382 e. The SMILES string of the molecule is CN(C)CCn1cc(NCC(C)(C)C)cn1.Cl. The first-order valence-electron chi connectivity index (χ1n) is 5.78. The van der Waals surface area contributed by atoms with Crippen molar-refractivity contribution in [3.63, 3.8) is 0 Å². The van der Waals surface area contributed by atoms with Crippen LogP contribution in [0.4, 0.5) is 5.69 Å². The summed E-state index contributed by atoms with van der Waals surface area (Å²) in [5.74, 6) is 0. The average molecular weight is 261 g/mol. The topological polar surface area (TPSA) is 33.1 Å². The molecule has 100 valence electrons. The van der Waals surface area contributed by atoms with Crippen molar-refractivity contribution in [2.75, 3.05) is 32.5 Å². The molecule has 0 saturated carbocycles. The van der Waals surface area contributed by atoms with Crippen molar-refractivity contribution in [1.82, 2.24) is 14.7 Å². The fraction of sp³-hybridized carbons (Fsp3) is 0.750. The van der Waals surface area contributed by atoms with Gasteiger partial charge in [-0.1, -0.05) is 20.8 Å². The van der Waals surface area contributed by atoms with Gasteiger partial charge < -0.3 is 10.2 Å². The summed E-state index contributed by atoms with van der Waals surface area (Å²) in [7, 11) is 4.14. The predicted octanol–water partition coefficient (Wildman–Crippen LogP) is 2.32. The second-order valence-corrected chi connectivity index (χ2v) is 5.71. The first kappa shape index (κ1) is 16.3. The lowest BCUT2D eigenvalue weighted by molar-refractivity contribution is 0.373. The summed E-state index contributed by atoms with van der Waals surface area (Å²) in [6, 6.07) is 0. The maximum atomic E-state index is 4.32. The van der Waals surface area contributed by atoms with Crippen LogP contribution in [-0.4, -0.2) is 41.9 Å². The van der Waals surface area contributed by atoms with Gasteiger partial charge >= 0.3 is 0 Å². The lowest BCUT2D eigenvalue weighted by Gasteiger charge is -2.18. The molecule has 17 heavy (non-hydrogen) atoms. The molecule has 0 atom stereocenters. The van der Waals surface area contributed by atoms with E-state index < -0.39 is 0 Å². The molecule has 1 aromatic heterocycles. The van der Waals surface area contributed by atoms with Gasteiger partial charge in [-0.15, -0.1) is 12.4 Å². The molecule has 5 heteroatoms. The number of likely N-dealkylation sites (N-methyl/N-ethyl adjacent to an activating group) is 1. The highest BCUT2D eigenvalue weighted by Crippen LogP contribution is 2.14. The van der Waals surface area contributed by atoms with Crippen molar-refractivity contribution in [2.24, 2.45) is 5.41 Å². The predicted molar refractivity (Wildman–Crippen MR) is 76.0 cm³/mol. The molecule has 0 spiro atoms. The standard InChI is InChI=1S/C12H24N4.ClH/c1-12(2,3)10-13-11-8-14-16(9-11)7-6-15(4)5;/h8-9,13H,6-7,10H2,1-5H3;1H. The molecule has 4 nitrogen and oxygen atoms in total. The lowest BCUT2D eigenvalue weighted by Crippen LogP contribution is -2.19. The summed E-state index contributed by atoms with van der Waals surface area (Å²) in [4.78, 5) is 2.16. The van der Waals surface area contributed by atoms with Gasteiger partial charge in [0.15, 0.2) is 0 Å². The van der Waals surface area contributed by atoms with Crippen LogP contribution in [0.5, 0.6) is 0 Å². The van der Waals surface area contributed by atoms with Gasteiger partial charge in [0.05, 0.1) is 18.4 Å². The molecule has 0 aliphatic rings. The minimum absolute atomic E-state index is 0. The number of nitrogens with one attached hydrogen (secondary N) is 1. The number of halogens is 1. The van der Waals surface area contributed by atoms with E-state index in [4.69, 9.17) is 0 Å². The third-order valence-corrected chi connectivity index (χ3v) is 2.23. The molecule has 0 aliphatic heterocycles. The van der Waals surface area contributed by atoms with Crippen molar-refractivity contribution in [3.8, 4) is 0 Å². The number of rotatable bonds is 5. The molecular weight excluding hydrogens is 236 g/mol. The fourth-order valence-corrected chi connectivity index (χ4v) is 1.25. The van der Waals surface area contributed by atoms with E-state index in [-0.39, 0.29) is 12.4 Å². The van der Waals surface area contributed by atoms with Gasteiger partial charge in [-0.05, 0) is 19.5 Å². The monoisotopic (exact) mass is 260 g/mol. The molecule has 0 amide bonds. The van der Waals surface area contributed by atoms with Crippen LogP contribution in [0.1, 0.15) is 20.8 Å².